The van der Waals surface area contributed by atoms with Crippen LogP contribution in [-0.2, 0) is 19.6 Å². The number of nitrogens with one attached hydrogen (secondary N) is 1. The van der Waals surface area contributed by atoms with Gasteiger partial charge in [-0.25, -0.2) is 13.2 Å². The van der Waals surface area contributed by atoms with Gasteiger partial charge in [-0.2, -0.15) is 0 Å². The summed E-state index contributed by atoms with van der Waals surface area (Å²) >= 11 is 0. The summed E-state index contributed by atoms with van der Waals surface area (Å²) in [6.45, 7) is 6.76. The molecule has 7 nitrogen and oxygen atoms in total. The molecule has 29 heavy (non-hydrogen) atoms. The maximum absolute atomic E-state index is 12.9. The third-order valence-corrected chi connectivity index (χ3v) is 6.03. The van der Waals surface area contributed by atoms with Crippen molar-refractivity contribution in [2.45, 2.75) is 38.6 Å². The molecular formula is C21H26N2O5S. The molecule has 0 radical (unpaired) electrons. The number of nitrogens with zero attached hydrogens (tertiary/aromatic N) is 1. The summed E-state index contributed by atoms with van der Waals surface area (Å²) in [5, 5.41) is 0. The molecule has 0 aliphatic rings. The monoisotopic (exact) mass is 418 g/mol. The molecule has 2 aromatic rings. The van der Waals surface area contributed by atoms with Crippen LogP contribution in [0.4, 0.5) is 5.69 Å². The largest absolute Gasteiger partial charge is 0.452 e. The van der Waals surface area contributed by atoms with Crippen molar-refractivity contribution in [3.05, 3.63) is 59.2 Å². The Labute approximate surface area is 171 Å². The predicted octanol–water partition coefficient (Wildman–Crippen LogP) is 3.13. The third-order valence-electron chi connectivity index (χ3n) is 4.52. The van der Waals surface area contributed by atoms with Gasteiger partial charge in [-0.15, -0.1) is 0 Å². The fourth-order valence-electron chi connectivity index (χ4n) is 2.54. The van der Waals surface area contributed by atoms with Gasteiger partial charge in [0.25, 0.3) is 15.9 Å². The Balaban J connectivity index is 2.23. The second-order valence-corrected chi connectivity index (χ2v) is 8.75. The van der Waals surface area contributed by atoms with Crippen molar-refractivity contribution in [1.29, 1.82) is 0 Å². The highest BCUT2D eigenvalue weighted by Crippen LogP contribution is 2.23. The van der Waals surface area contributed by atoms with Crippen LogP contribution in [0.3, 0.4) is 0 Å². The molecule has 0 aliphatic carbocycles. The van der Waals surface area contributed by atoms with Gasteiger partial charge in [-0.05, 0) is 57.0 Å². The minimum absolute atomic E-state index is 0.0291. The van der Waals surface area contributed by atoms with Crippen LogP contribution in [-0.4, -0.2) is 44.9 Å². The number of sulfonamides is 1. The molecule has 1 N–H and O–H groups in total. The van der Waals surface area contributed by atoms with Gasteiger partial charge in [0.1, 0.15) is 0 Å². The number of carbonyl (C=O) groups is 2. The number of anilines is 1. The number of ether oxygens (including phenoxy) is 1. The van der Waals surface area contributed by atoms with Crippen LogP contribution in [0.25, 0.3) is 0 Å². The summed E-state index contributed by atoms with van der Waals surface area (Å²) in [7, 11) is -2.29. The summed E-state index contributed by atoms with van der Waals surface area (Å²) < 4.78 is 33.3. The first-order valence-corrected chi connectivity index (χ1v) is 10.6. The number of aryl methyl sites for hydroxylation is 2. The lowest BCUT2D eigenvalue weighted by Gasteiger charge is -2.21. The van der Waals surface area contributed by atoms with Gasteiger partial charge in [0.15, 0.2) is 6.61 Å². The van der Waals surface area contributed by atoms with E-state index in [1.165, 1.54) is 17.0 Å². The van der Waals surface area contributed by atoms with Gasteiger partial charge >= 0.3 is 5.97 Å². The van der Waals surface area contributed by atoms with Gasteiger partial charge in [-0.1, -0.05) is 24.3 Å². The lowest BCUT2D eigenvalue weighted by atomic mass is 10.2. The minimum atomic E-state index is -3.91. The van der Waals surface area contributed by atoms with Crippen molar-refractivity contribution in [1.82, 2.24) is 4.90 Å². The van der Waals surface area contributed by atoms with E-state index in [-0.39, 0.29) is 28.1 Å². The number of hydrogen-bond donors (Lipinski definition) is 1. The SMILES string of the molecule is Cc1ccc(C)c(S(=O)(=O)Nc2ccccc2C(=O)OCC(=O)N(C)C(C)C)c1. The van der Waals surface area contributed by atoms with Crippen LogP contribution in [0.2, 0.25) is 0 Å². The van der Waals surface area contributed by atoms with E-state index in [0.29, 0.717) is 5.56 Å². The highest BCUT2D eigenvalue weighted by atomic mass is 32.2. The summed E-state index contributed by atoms with van der Waals surface area (Å²) in [4.78, 5) is 26.1. The average molecular weight is 419 g/mol. The molecule has 0 saturated heterocycles. The van der Waals surface area contributed by atoms with Crippen molar-refractivity contribution in [3.8, 4) is 0 Å². The molecule has 0 bridgehead atoms. The minimum Gasteiger partial charge on any atom is -0.452 e. The van der Waals surface area contributed by atoms with E-state index in [2.05, 4.69) is 4.72 Å². The van der Waals surface area contributed by atoms with E-state index in [1.807, 2.05) is 19.9 Å². The van der Waals surface area contributed by atoms with Crippen molar-refractivity contribution >= 4 is 27.6 Å². The molecule has 0 unspecified atom stereocenters. The van der Waals surface area contributed by atoms with Crippen LogP contribution < -0.4 is 4.72 Å². The summed E-state index contributed by atoms with van der Waals surface area (Å²) in [6.07, 6.45) is 0. The smallest absolute Gasteiger partial charge is 0.340 e. The molecule has 8 heteroatoms. The molecule has 156 valence electrons. The second-order valence-electron chi connectivity index (χ2n) is 7.09. The lowest BCUT2D eigenvalue weighted by Crippen LogP contribution is -2.36. The van der Waals surface area contributed by atoms with Gasteiger partial charge in [0, 0.05) is 13.1 Å². The molecule has 0 aromatic heterocycles. The van der Waals surface area contributed by atoms with Crippen LogP contribution in [0.1, 0.15) is 35.3 Å². The zero-order valence-corrected chi connectivity index (χ0v) is 18.0. The Kier molecular flexibility index (Phi) is 7.02. The molecule has 2 aromatic carbocycles. The normalized spacial score (nSPS) is 11.2. The molecule has 0 heterocycles. The molecule has 1 amide bonds. The molecule has 0 saturated carbocycles. The van der Waals surface area contributed by atoms with Gasteiger partial charge in [0.05, 0.1) is 16.1 Å². The average Bonchev–Trinajstić information content (AvgIpc) is 2.67. The highest BCUT2D eigenvalue weighted by Gasteiger charge is 2.22. The van der Waals surface area contributed by atoms with Crippen LogP contribution in [0.5, 0.6) is 0 Å². The third kappa shape index (κ3) is 5.57. The second kappa shape index (κ2) is 9.09. The van der Waals surface area contributed by atoms with Crippen molar-refractivity contribution < 1.29 is 22.7 Å². The van der Waals surface area contributed by atoms with E-state index in [1.54, 1.807) is 45.2 Å². The summed E-state index contributed by atoms with van der Waals surface area (Å²) in [5.74, 6) is -1.13. The number of amides is 1. The lowest BCUT2D eigenvalue weighted by molar-refractivity contribution is -0.134. The molecule has 2 rings (SSSR count). The predicted molar refractivity (Wildman–Crippen MR) is 111 cm³/mol. The molecule has 0 atom stereocenters. The topological polar surface area (TPSA) is 92.8 Å². The van der Waals surface area contributed by atoms with Crippen LogP contribution >= 0.6 is 0 Å². The van der Waals surface area contributed by atoms with E-state index in [9.17, 15) is 18.0 Å². The van der Waals surface area contributed by atoms with E-state index in [4.69, 9.17) is 4.74 Å². The van der Waals surface area contributed by atoms with Crippen molar-refractivity contribution in [2.75, 3.05) is 18.4 Å². The number of para-hydroxylation sites is 1. The number of carbonyl (C=O) groups excluding carboxylic acids is 2. The Hall–Kier alpha value is -2.87. The zero-order chi connectivity index (χ0) is 21.8. The maximum atomic E-state index is 12.9. The first-order valence-electron chi connectivity index (χ1n) is 9.15. The van der Waals surface area contributed by atoms with Gasteiger partial charge in [0.2, 0.25) is 0 Å². The molecule has 0 aliphatic heterocycles. The number of likely N-dealkylation sites (N-methyl/N-ethyl adjacent to an activating group) is 1. The van der Waals surface area contributed by atoms with E-state index in [0.717, 1.165) is 5.56 Å². The Morgan fingerprint density at radius 2 is 1.76 bits per heavy atom. The Morgan fingerprint density at radius 3 is 2.41 bits per heavy atom. The number of esters is 1. The summed E-state index contributed by atoms with van der Waals surface area (Å²) in [5.41, 5.74) is 1.51. The van der Waals surface area contributed by atoms with Crippen LogP contribution in [0.15, 0.2) is 47.4 Å². The number of benzene rings is 2. The maximum Gasteiger partial charge on any atom is 0.340 e. The van der Waals surface area contributed by atoms with E-state index < -0.39 is 22.6 Å². The number of hydrogen-bond acceptors (Lipinski definition) is 5. The quantitative estimate of drug-likeness (QED) is 0.698. The van der Waals surface area contributed by atoms with Crippen molar-refractivity contribution in [2.24, 2.45) is 0 Å². The fourth-order valence-corrected chi connectivity index (χ4v) is 3.95. The van der Waals surface area contributed by atoms with Crippen molar-refractivity contribution in [3.63, 3.8) is 0 Å². The van der Waals surface area contributed by atoms with Crippen LogP contribution in [0, 0.1) is 13.8 Å². The Morgan fingerprint density at radius 1 is 1.10 bits per heavy atom. The first kappa shape index (κ1) is 22.4. The standard InChI is InChI=1S/C21H26N2O5S/c1-14(2)23(5)20(24)13-28-21(25)17-8-6-7-9-18(17)22-29(26,27)19-12-15(3)10-11-16(19)4/h6-12,14,22H,13H2,1-5H3. The fraction of sp³-hybridized carbons (Fsp3) is 0.333. The molecule has 0 spiro atoms. The highest BCUT2D eigenvalue weighted by molar-refractivity contribution is 7.92. The van der Waals surface area contributed by atoms with Gasteiger partial charge in [-0.3, -0.25) is 9.52 Å². The number of rotatable bonds is 7. The Bertz CT molecular complexity index is 1020. The first-order chi connectivity index (χ1) is 13.5. The van der Waals surface area contributed by atoms with E-state index >= 15 is 0 Å². The molecular weight excluding hydrogens is 392 g/mol. The van der Waals surface area contributed by atoms with Gasteiger partial charge < -0.3 is 9.64 Å². The summed E-state index contributed by atoms with van der Waals surface area (Å²) in [6, 6.07) is 11.2. The zero-order valence-electron chi connectivity index (χ0n) is 17.2. The molecule has 0 fully saturated rings.